The molecule has 0 amide bonds. The van der Waals surface area contributed by atoms with E-state index < -0.39 is 0 Å². The van der Waals surface area contributed by atoms with E-state index in [1.807, 2.05) is 13.0 Å². The number of hydrogen-bond donors (Lipinski definition) is 3. The largest absolute Gasteiger partial charge is 0.367 e. The average Bonchev–Trinajstić information content (AvgIpc) is 3.59. The van der Waals surface area contributed by atoms with E-state index in [4.69, 9.17) is 9.97 Å². The van der Waals surface area contributed by atoms with Crippen molar-refractivity contribution in [2.24, 2.45) is 5.92 Å². The Labute approximate surface area is 182 Å². The summed E-state index contributed by atoms with van der Waals surface area (Å²) in [7, 11) is 0. The molecular formula is C25H28FN5. The van der Waals surface area contributed by atoms with Gasteiger partial charge in [0.1, 0.15) is 11.6 Å². The van der Waals surface area contributed by atoms with Crippen molar-refractivity contribution < 1.29 is 4.39 Å². The van der Waals surface area contributed by atoms with Crippen LogP contribution in [0.2, 0.25) is 0 Å². The van der Waals surface area contributed by atoms with Crippen LogP contribution in [-0.4, -0.2) is 29.1 Å². The third-order valence-corrected chi connectivity index (χ3v) is 6.13. The average molecular weight is 418 g/mol. The number of aromatic nitrogens is 2. The zero-order chi connectivity index (χ0) is 21.4. The Morgan fingerprint density at radius 3 is 2.77 bits per heavy atom. The number of fused-ring (bicyclic) bond motifs is 1. The molecule has 0 spiro atoms. The lowest BCUT2D eigenvalue weighted by molar-refractivity contribution is 0.627. The van der Waals surface area contributed by atoms with Crippen LogP contribution in [0.1, 0.15) is 37.3 Å². The molecule has 1 atom stereocenters. The van der Waals surface area contributed by atoms with Crippen molar-refractivity contribution in [3.63, 3.8) is 0 Å². The summed E-state index contributed by atoms with van der Waals surface area (Å²) in [6.07, 6.45) is 5.73. The van der Waals surface area contributed by atoms with Crippen molar-refractivity contribution in [1.82, 2.24) is 15.3 Å². The number of benzene rings is 2. The Balaban J connectivity index is 1.61. The summed E-state index contributed by atoms with van der Waals surface area (Å²) in [6, 6.07) is 11.5. The minimum atomic E-state index is -0.274. The number of rotatable bonds is 6. The van der Waals surface area contributed by atoms with Crippen LogP contribution < -0.4 is 16.0 Å². The molecule has 0 radical (unpaired) electrons. The summed E-state index contributed by atoms with van der Waals surface area (Å²) < 4.78 is 13.9. The molecule has 2 heterocycles. The first-order valence-corrected chi connectivity index (χ1v) is 11.1. The summed E-state index contributed by atoms with van der Waals surface area (Å²) in [5.41, 5.74) is 4.87. The van der Waals surface area contributed by atoms with Crippen LogP contribution in [0.5, 0.6) is 0 Å². The van der Waals surface area contributed by atoms with E-state index >= 15 is 0 Å². The third-order valence-electron chi connectivity index (χ3n) is 6.13. The second kappa shape index (κ2) is 8.27. The molecule has 3 N–H and O–H groups in total. The van der Waals surface area contributed by atoms with Gasteiger partial charge in [0, 0.05) is 29.2 Å². The summed E-state index contributed by atoms with van der Waals surface area (Å²) in [4.78, 5) is 9.69. The van der Waals surface area contributed by atoms with Crippen LogP contribution >= 0.6 is 0 Å². The van der Waals surface area contributed by atoms with Gasteiger partial charge in [0.05, 0.1) is 5.52 Å². The van der Waals surface area contributed by atoms with Gasteiger partial charge in [0.25, 0.3) is 0 Å². The molecular weight excluding hydrogens is 389 g/mol. The highest BCUT2D eigenvalue weighted by Crippen LogP contribution is 2.36. The molecule has 3 aromatic rings. The third kappa shape index (κ3) is 4.39. The van der Waals surface area contributed by atoms with Crippen LogP contribution in [0.4, 0.5) is 21.8 Å². The quantitative estimate of drug-likeness (QED) is 0.501. The first-order valence-electron chi connectivity index (χ1n) is 11.1. The number of hydrogen-bond acceptors (Lipinski definition) is 5. The topological polar surface area (TPSA) is 61.9 Å². The SMILES string of the molecule is Cc1cc(F)cc(Nc2nc(NC(C)C3CC3)c3cccc(C4=CCNCC4)c3n2)c1. The molecule has 1 unspecified atom stereocenters. The fourth-order valence-electron chi connectivity index (χ4n) is 4.31. The number of halogens is 1. The smallest absolute Gasteiger partial charge is 0.229 e. The predicted molar refractivity (Wildman–Crippen MR) is 125 cm³/mol. The van der Waals surface area contributed by atoms with Gasteiger partial charge < -0.3 is 16.0 Å². The predicted octanol–water partition coefficient (Wildman–Crippen LogP) is 5.41. The molecule has 0 bridgehead atoms. The zero-order valence-corrected chi connectivity index (χ0v) is 18.0. The minimum Gasteiger partial charge on any atom is -0.367 e. The normalized spacial score (nSPS) is 17.3. The molecule has 1 aliphatic carbocycles. The van der Waals surface area contributed by atoms with Crippen molar-refractivity contribution in [3.8, 4) is 0 Å². The van der Waals surface area contributed by atoms with Gasteiger partial charge in [-0.05, 0) is 81.0 Å². The summed E-state index contributed by atoms with van der Waals surface area (Å²) >= 11 is 0. The van der Waals surface area contributed by atoms with Crippen molar-refractivity contribution in [1.29, 1.82) is 0 Å². The van der Waals surface area contributed by atoms with Crippen LogP contribution in [0.15, 0.2) is 42.5 Å². The van der Waals surface area contributed by atoms with E-state index in [0.717, 1.165) is 47.4 Å². The highest BCUT2D eigenvalue weighted by molar-refractivity contribution is 5.98. The molecule has 5 nitrogen and oxygen atoms in total. The van der Waals surface area contributed by atoms with Crippen LogP contribution in [0.3, 0.4) is 0 Å². The number of anilines is 3. The molecule has 160 valence electrons. The number of aryl methyl sites for hydroxylation is 1. The standard InChI is InChI=1S/C25H28FN5/c1-15-12-19(26)14-20(13-15)29-25-30-23-21(18-8-10-27-11-9-18)4-3-5-22(23)24(31-25)28-16(2)17-6-7-17/h3-5,8,12-14,16-17,27H,6-7,9-11H2,1-2H3,(H2,28,29,30,31). The molecule has 31 heavy (non-hydrogen) atoms. The van der Waals surface area contributed by atoms with Crippen molar-refractivity contribution in [2.75, 3.05) is 23.7 Å². The Morgan fingerprint density at radius 2 is 2.03 bits per heavy atom. The lowest BCUT2D eigenvalue weighted by Crippen LogP contribution is -2.20. The lowest BCUT2D eigenvalue weighted by atomic mass is 9.97. The van der Waals surface area contributed by atoms with E-state index in [9.17, 15) is 4.39 Å². The fourth-order valence-corrected chi connectivity index (χ4v) is 4.31. The van der Waals surface area contributed by atoms with Gasteiger partial charge >= 0.3 is 0 Å². The number of nitrogens with zero attached hydrogens (tertiary/aromatic N) is 2. The van der Waals surface area contributed by atoms with Crippen LogP contribution in [0, 0.1) is 18.7 Å². The minimum absolute atomic E-state index is 0.274. The van der Waals surface area contributed by atoms with Gasteiger partial charge in [-0.15, -0.1) is 0 Å². The molecule has 1 aromatic heterocycles. The molecule has 0 saturated heterocycles. The zero-order valence-electron chi connectivity index (χ0n) is 18.0. The molecule has 1 aliphatic heterocycles. The van der Waals surface area contributed by atoms with E-state index in [2.05, 4.69) is 47.1 Å². The van der Waals surface area contributed by atoms with Gasteiger partial charge in [-0.3, -0.25) is 0 Å². The Morgan fingerprint density at radius 1 is 1.16 bits per heavy atom. The number of para-hydroxylation sites is 1. The van der Waals surface area contributed by atoms with Gasteiger partial charge in [-0.1, -0.05) is 18.2 Å². The first kappa shape index (κ1) is 19.9. The summed E-state index contributed by atoms with van der Waals surface area (Å²) in [5, 5.41) is 11.3. The van der Waals surface area contributed by atoms with E-state index in [1.54, 1.807) is 0 Å². The molecule has 1 saturated carbocycles. The summed E-state index contributed by atoms with van der Waals surface area (Å²) in [5.74, 6) is 1.73. The maximum atomic E-state index is 13.9. The molecule has 2 aromatic carbocycles. The molecule has 1 fully saturated rings. The second-order valence-corrected chi connectivity index (χ2v) is 8.69. The van der Waals surface area contributed by atoms with Crippen molar-refractivity contribution >= 4 is 33.9 Å². The van der Waals surface area contributed by atoms with Crippen molar-refractivity contribution in [3.05, 3.63) is 59.4 Å². The maximum Gasteiger partial charge on any atom is 0.229 e. The van der Waals surface area contributed by atoms with Gasteiger partial charge in [0.15, 0.2) is 0 Å². The van der Waals surface area contributed by atoms with Gasteiger partial charge in [-0.2, -0.15) is 4.98 Å². The van der Waals surface area contributed by atoms with E-state index in [-0.39, 0.29) is 5.82 Å². The van der Waals surface area contributed by atoms with Crippen LogP contribution in [-0.2, 0) is 0 Å². The second-order valence-electron chi connectivity index (χ2n) is 8.69. The first-order chi connectivity index (χ1) is 15.1. The van der Waals surface area contributed by atoms with E-state index in [0.29, 0.717) is 23.6 Å². The molecule has 5 rings (SSSR count). The maximum absolute atomic E-state index is 13.9. The monoisotopic (exact) mass is 417 g/mol. The van der Waals surface area contributed by atoms with Crippen LogP contribution in [0.25, 0.3) is 16.5 Å². The molecule has 2 aliphatic rings. The number of nitrogens with one attached hydrogen (secondary N) is 3. The summed E-state index contributed by atoms with van der Waals surface area (Å²) in [6.45, 7) is 5.93. The molecule has 6 heteroatoms. The fraction of sp³-hybridized carbons (Fsp3) is 0.360. The van der Waals surface area contributed by atoms with Gasteiger partial charge in [-0.25, -0.2) is 9.37 Å². The Bertz CT molecular complexity index is 1130. The highest BCUT2D eigenvalue weighted by atomic mass is 19.1. The Kier molecular flexibility index (Phi) is 5.32. The highest BCUT2D eigenvalue weighted by Gasteiger charge is 2.28. The lowest BCUT2D eigenvalue weighted by Gasteiger charge is -2.19. The Hall–Kier alpha value is -2.99. The van der Waals surface area contributed by atoms with E-state index in [1.165, 1.54) is 30.5 Å². The van der Waals surface area contributed by atoms with Crippen molar-refractivity contribution in [2.45, 2.75) is 39.2 Å². The van der Waals surface area contributed by atoms with Gasteiger partial charge in [0.2, 0.25) is 5.95 Å².